The van der Waals surface area contributed by atoms with Gasteiger partial charge in [-0.15, -0.1) is 0 Å². The molecule has 5 nitrogen and oxygen atoms in total. The molecule has 0 aromatic heterocycles. The number of nitrogens with zero attached hydrogens (tertiary/aromatic N) is 2. The first-order valence-corrected chi connectivity index (χ1v) is 8.76. The lowest BCUT2D eigenvalue weighted by molar-refractivity contribution is -0.138. The fraction of sp³-hybridized carbons (Fsp3) is 0.579. The Labute approximate surface area is 143 Å². The molecule has 3 rings (SSSR count). The molecule has 0 saturated carbocycles. The Kier molecular flexibility index (Phi) is 5.19. The number of carbonyl (C=O) groups is 2. The quantitative estimate of drug-likeness (QED) is 0.828. The highest BCUT2D eigenvalue weighted by molar-refractivity contribution is 5.84. The highest BCUT2D eigenvalue weighted by Crippen LogP contribution is 2.37. The molecule has 2 aliphatic heterocycles. The van der Waals surface area contributed by atoms with Crippen molar-refractivity contribution in [2.45, 2.75) is 37.6 Å². The van der Waals surface area contributed by atoms with Crippen LogP contribution in [0.2, 0.25) is 0 Å². The van der Waals surface area contributed by atoms with Crippen LogP contribution in [0.3, 0.4) is 0 Å². The third kappa shape index (κ3) is 3.46. The molecule has 0 radical (unpaired) electrons. The summed E-state index contributed by atoms with van der Waals surface area (Å²) in [6.45, 7) is 2.56. The summed E-state index contributed by atoms with van der Waals surface area (Å²) < 4.78 is 5.11. The maximum atomic E-state index is 12.9. The number of ether oxygens (including phenoxy) is 1. The molecule has 0 aliphatic carbocycles. The van der Waals surface area contributed by atoms with E-state index in [1.165, 1.54) is 0 Å². The summed E-state index contributed by atoms with van der Waals surface area (Å²) in [4.78, 5) is 29.2. The number of benzene rings is 1. The van der Waals surface area contributed by atoms with Crippen LogP contribution in [0.1, 0.15) is 31.2 Å². The van der Waals surface area contributed by atoms with Gasteiger partial charge in [0.2, 0.25) is 11.8 Å². The van der Waals surface area contributed by atoms with Crippen molar-refractivity contribution in [3.05, 3.63) is 35.9 Å². The number of carbonyl (C=O) groups excluding carboxylic acids is 2. The van der Waals surface area contributed by atoms with Gasteiger partial charge in [-0.3, -0.25) is 9.59 Å². The monoisotopic (exact) mass is 330 g/mol. The van der Waals surface area contributed by atoms with Gasteiger partial charge in [-0.1, -0.05) is 30.3 Å². The molecular formula is C19H26N2O3. The standard InChI is InChI=1S/C19H26N2O3/c1-24-12-11-20-15-19(14-18(20)23)9-5-6-10-21(19)17(22)13-16-7-3-2-4-8-16/h2-4,7-8H,5-6,9-15H2,1H3. The lowest BCUT2D eigenvalue weighted by Crippen LogP contribution is -2.56. The minimum Gasteiger partial charge on any atom is -0.383 e. The number of amides is 2. The lowest BCUT2D eigenvalue weighted by atomic mass is 9.85. The Bertz CT molecular complexity index is 590. The molecule has 2 aliphatic rings. The van der Waals surface area contributed by atoms with E-state index in [4.69, 9.17) is 4.74 Å². The van der Waals surface area contributed by atoms with Gasteiger partial charge in [-0.25, -0.2) is 0 Å². The fourth-order valence-electron chi connectivity index (χ4n) is 4.00. The first-order chi connectivity index (χ1) is 11.6. The van der Waals surface area contributed by atoms with Gasteiger partial charge in [0.1, 0.15) is 0 Å². The van der Waals surface area contributed by atoms with Crippen molar-refractivity contribution in [2.24, 2.45) is 0 Å². The largest absolute Gasteiger partial charge is 0.383 e. The molecule has 1 spiro atoms. The predicted octanol–water partition coefficient (Wildman–Crippen LogP) is 1.86. The molecule has 5 heteroatoms. The minimum absolute atomic E-state index is 0.141. The van der Waals surface area contributed by atoms with Gasteiger partial charge in [-0.05, 0) is 24.8 Å². The van der Waals surface area contributed by atoms with Gasteiger partial charge in [0.15, 0.2) is 0 Å². The number of piperidine rings is 1. The third-order valence-electron chi connectivity index (χ3n) is 5.23. The van der Waals surface area contributed by atoms with Crippen LogP contribution in [0.15, 0.2) is 30.3 Å². The smallest absolute Gasteiger partial charge is 0.227 e. The average molecular weight is 330 g/mol. The molecule has 2 fully saturated rings. The summed E-state index contributed by atoms with van der Waals surface area (Å²) in [5, 5.41) is 0. The molecule has 2 saturated heterocycles. The summed E-state index contributed by atoms with van der Waals surface area (Å²) in [5.41, 5.74) is 0.721. The van der Waals surface area contributed by atoms with Crippen LogP contribution in [-0.4, -0.2) is 60.5 Å². The van der Waals surface area contributed by atoms with Gasteiger partial charge in [0.05, 0.1) is 25.0 Å². The molecule has 2 amide bonds. The number of hydrogen-bond donors (Lipinski definition) is 0. The van der Waals surface area contributed by atoms with Gasteiger partial charge < -0.3 is 14.5 Å². The zero-order valence-corrected chi connectivity index (χ0v) is 14.4. The van der Waals surface area contributed by atoms with Crippen molar-refractivity contribution in [2.75, 3.05) is 33.4 Å². The predicted molar refractivity (Wildman–Crippen MR) is 91.5 cm³/mol. The van der Waals surface area contributed by atoms with Crippen molar-refractivity contribution in [1.82, 2.24) is 9.80 Å². The fourth-order valence-corrected chi connectivity index (χ4v) is 4.00. The summed E-state index contributed by atoms with van der Waals surface area (Å²) in [5.74, 6) is 0.286. The summed E-state index contributed by atoms with van der Waals surface area (Å²) >= 11 is 0. The van der Waals surface area contributed by atoms with Crippen LogP contribution in [0, 0.1) is 0 Å². The van der Waals surface area contributed by atoms with Crippen LogP contribution in [-0.2, 0) is 20.7 Å². The molecular weight excluding hydrogens is 304 g/mol. The Morgan fingerprint density at radius 3 is 2.79 bits per heavy atom. The highest BCUT2D eigenvalue weighted by atomic mass is 16.5. The number of likely N-dealkylation sites (tertiary alicyclic amines) is 2. The lowest BCUT2D eigenvalue weighted by Gasteiger charge is -2.44. The normalized spacial score (nSPS) is 24.0. The summed E-state index contributed by atoms with van der Waals surface area (Å²) in [6.07, 6.45) is 3.89. The number of hydrogen-bond acceptors (Lipinski definition) is 3. The van der Waals surface area contributed by atoms with E-state index < -0.39 is 0 Å². The Balaban J connectivity index is 1.73. The second kappa shape index (κ2) is 7.34. The van der Waals surface area contributed by atoms with Crippen LogP contribution in [0.4, 0.5) is 0 Å². The molecule has 2 heterocycles. The van der Waals surface area contributed by atoms with E-state index in [0.29, 0.717) is 32.5 Å². The molecule has 1 atom stereocenters. The van der Waals surface area contributed by atoms with Crippen molar-refractivity contribution in [1.29, 1.82) is 0 Å². The van der Waals surface area contributed by atoms with Gasteiger partial charge in [0, 0.05) is 26.7 Å². The minimum atomic E-state index is -0.311. The van der Waals surface area contributed by atoms with Gasteiger partial charge in [0.25, 0.3) is 0 Å². The Morgan fingerprint density at radius 2 is 2.04 bits per heavy atom. The van der Waals surface area contributed by atoms with E-state index in [0.717, 1.165) is 31.4 Å². The van der Waals surface area contributed by atoms with Crippen LogP contribution >= 0.6 is 0 Å². The van der Waals surface area contributed by atoms with Crippen molar-refractivity contribution >= 4 is 11.8 Å². The molecule has 0 N–H and O–H groups in total. The van der Waals surface area contributed by atoms with Crippen LogP contribution in [0.25, 0.3) is 0 Å². The summed E-state index contributed by atoms with van der Waals surface area (Å²) in [7, 11) is 1.65. The van der Waals surface area contributed by atoms with Crippen molar-refractivity contribution < 1.29 is 14.3 Å². The van der Waals surface area contributed by atoms with Gasteiger partial charge >= 0.3 is 0 Å². The molecule has 1 aromatic rings. The number of methoxy groups -OCH3 is 1. The topological polar surface area (TPSA) is 49.9 Å². The number of rotatable bonds is 5. The first-order valence-electron chi connectivity index (χ1n) is 8.76. The first kappa shape index (κ1) is 17.0. The zero-order chi connectivity index (χ0) is 17.0. The van der Waals surface area contributed by atoms with E-state index >= 15 is 0 Å². The molecule has 0 bridgehead atoms. The van der Waals surface area contributed by atoms with E-state index in [-0.39, 0.29) is 17.4 Å². The van der Waals surface area contributed by atoms with Crippen molar-refractivity contribution in [3.63, 3.8) is 0 Å². The average Bonchev–Trinajstić information content (AvgIpc) is 2.90. The molecule has 130 valence electrons. The molecule has 1 aromatic carbocycles. The maximum Gasteiger partial charge on any atom is 0.227 e. The second-order valence-corrected chi connectivity index (χ2v) is 6.87. The van der Waals surface area contributed by atoms with Gasteiger partial charge in [-0.2, -0.15) is 0 Å². The second-order valence-electron chi connectivity index (χ2n) is 6.87. The van der Waals surface area contributed by atoms with Crippen LogP contribution in [0.5, 0.6) is 0 Å². The SMILES string of the molecule is COCCN1CC2(CCCCN2C(=O)Cc2ccccc2)CC1=O. The molecule has 24 heavy (non-hydrogen) atoms. The highest BCUT2D eigenvalue weighted by Gasteiger charge is 2.49. The summed E-state index contributed by atoms with van der Waals surface area (Å²) in [6, 6.07) is 9.85. The maximum absolute atomic E-state index is 12.9. The Morgan fingerprint density at radius 1 is 1.25 bits per heavy atom. The zero-order valence-electron chi connectivity index (χ0n) is 14.4. The van der Waals surface area contributed by atoms with Crippen LogP contribution < -0.4 is 0 Å². The van der Waals surface area contributed by atoms with E-state index in [1.54, 1.807) is 7.11 Å². The van der Waals surface area contributed by atoms with Crippen molar-refractivity contribution in [3.8, 4) is 0 Å². The Hall–Kier alpha value is -1.88. The van der Waals surface area contributed by atoms with E-state index in [1.807, 2.05) is 40.1 Å². The van der Waals surface area contributed by atoms with E-state index in [9.17, 15) is 9.59 Å². The molecule has 1 unspecified atom stereocenters. The third-order valence-corrected chi connectivity index (χ3v) is 5.23. The van der Waals surface area contributed by atoms with E-state index in [2.05, 4.69) is 0 Å².